The van der Waals surface area contributed by atoms with Crippen molar-refractivity contribution < 1.29 is 14.2 Å². The molecule has 0 radical (unpaired) electrons. The van der Waals surface area contributed by atoms with Crippen LogP contribution in [0.4, 0.5) is 0 Å². The van der Waals surface area contributed by atoms with Crippen molar-refractivity contribution >= 4 is 22.4 Å². The van der Waals surface area contributed by atoms with Crippen LogP contribution < -0.4 is 29.9 Å². The molecule has 4 rings (SSSR count). The Morgan fingerprint density at radius 2 is 1.81 bits per heavy atom. The van der Waals surface area contributed by atoms with Gasteiger partial charge in [0.25, 0.3) is 11.1 Å². The number of methoxy groups -OCH3 is 2. The van der Waals surface area contributed by atoms with E-state index in [-0.39, 0.29) is 22.6 Å². The van der Waals surface area contributed by atoms with Gasteiger partial charge in [-0.05, 0) is 48.4 Å². The summed E-state index contributed by atoms with van der Waals surface area (Å²) in [6.45, 7) is 2.41. The molecule has 2 aromatic carbocycles. The van der Waals surface area contributed by atoms with Crippen molar-refractivity contribution in [3.05, 3.63) is 84.5 Å². The van der Waals surface area contributed by atoms with Gasteiger partial charge in [0.2, 0.25) is 4.96 Å². The summed E-state index contributed by atoms with van der Waals surface area (Å²) >= 11 is 1.11. The van der Waals surface area contributed by atoms with Crippen LogP contribution >= 0.6 is 11.3 Å². The molecule has 0 aliphatic carbocycles. The minimum absolute atomic E-state index is 0.205. The average Bonchev–Trinajstić information content (AvgIpc) is 3.09. The van der Waals surface area contributed by atoms with E-state index in [1.165, 1.54) is 4.52 Å². The number of fused-ring (bicyclic) bond motifs is 1. The number of aromatic nitrogens is 3. The molecule has 0 aliphatic heterocycles. The molecule has 2 heterocycles. The van der Waals surface area contributed by atoms with E-state index in [9.17, 15) is 9.59 Å². The highest BCUT2D eigenvalue weighted by Gasteiger charge is 2.12. The van der Waals surface area contributed by atoms with E-state index < -0.39 is 5.56 Å². The zero-order valence-electron chi connectivity index (χ0n) is 17.8. The first-order chi connectivity index (χ1) is 15.5. The summed E-state index contributed by atoms with van der Waals surface area (Å²) in [4.78, 5) is 29.7. The first kappa shape index (κ1) is 21.5. The van der Waals surface area contributed by atoms with Gasteiger partial charge in [0.15, 0.2) is 11.5 Å². The molecule has 8 nitrogen and oxygen atoms in total. The Morgan fingerprint density at radius 1 is 1.03 bits per heavy atom. The summed E-state index contributed by atoms with van der Waals surface area (Å²) in [6.07, 6.45) is 1.98. The molecule has 0 atom stereocenters. The summed E-state index contributed by atoms with van der Waals surface area (Å²) in [5, 5.41) is 4.29. The van der Waals surface area contributed by atoms with Gasteiger partial charge in [-0.3, -0.25) is 9.59 Å². The fourth-order valence-electron chi connectivity index (χ4n) is 3.19. The number of nitrogens with zero attached hydrogens (tertiary/aromatic N) is 3. The Morgan fingerprint density at radius 3 is 2.50 bits per heavy atom. The monoisotopic (exact) mass is 451 g/mol. The highest BCUT2D eigenvalue weighted by atomic mass is 32.1. The van der Waals surface area contributed by atoms with E-state index in [0.29, 0.717) is 22.6 Å². The molecule has 0 spiro atoms. The molecule has 0 amide bonds. The van der Waals surface area contributed by atoms with Crippen molar-refractivity contribution in [3.63, 3.8) is 0 Å². The van der Waals surface area contributed by atoms with Gasteiger partial charge in [-0.1, -0.05) is 29.5 Å². The van der Waals surface area contributed by atoms with Crippen LogP contribution in [0, 0.1) is 0 Å². The molecule has 2 aromatic heterocycles. The Bertz CT molecular complexity index is 1430. The van der Waals surface area contributed by atoms with Crippen molar-refractivity contribution in [1.82, 2.24) is 14.6 Å². The first-order valence-electron chi connectivity index (χ1n) is 9.90. The smallest absolute Gasteiger partial charge is 0.296 e. The van der Waals surface area contributed by atoms with Crippen molar-refractivity contribution in [2.75, 3.05) is 20.8 Å². The van der Waals surface area contributed by atoms with Gasteiger partial charge in [0, 0.05) is 6.42 Å². The predicted octanol–water partition coefficient (Wildman–Crippen LogP) is 2.07. The van der Waals surface area contributed by atoms with Crippen molar-refractivity contribution in [1.29, 1.82) is 0 Å². The molecular formula is C23H21N3O5S. The Hall–Kier alpha value is -3.72. The molecule has 0 bridgehead atoms. The van der Waals surface area contributed by atoms with Gasteiger partial charge in [-0.25, -0.2) is 0 Å². The van der Waals surface area contributed by atoms with E-state index in [1.54, 1.807) is 44.6 Å². The lowest BCUT2D eigenvalue weighted by Gasteiger charge is -2.09. The van der Waals surface area contributed by atoms with E-state index in [1.807, 2.05) is 25.1 Å². The molecule has 0 N–H and O–H groups in total. The van der Waals surface area contributed by atoms with Crippen LogP contribution in [0.25, 0.3) is 11.0 Å². The minimum atomic E-state index is -0.448. The lowest BCUT2D eigenvalue weighted by atomic mass is 10.1. The first-order valence-corrected chi connectivity index (χ1v) is 10.7. The van der Waals surface area contributed by atoms with Gasteiger partial charge in [0.1, 0.15) is 11.4 Å². The summed E-state index contributed by atoms with van der Waals surface area (Å²) in [5.74, 6) is 1.92. The van der Waals surface area contributed by atoms with E-state index in [4.69, 9.17) is 14.2 Å². The average molecular weight is 452 g/mol. The maximum Gasteiger partial charge on any atom is 0.296 e. The Balaban J connectivity index is 1.72. The molecule has 0 unspecified atom stereocenters. The van der Waals surface area contributed by atoms with Gasteiger partial charge in [0.05, 0.1) is 25.4 Å². The zero-order chi connectivity index (χ0) is 22.7. The molecule has 164 valence electrons. The van der Waals surface area contributed by atoms with Crippen molar-refractivity contribution in [2.45, 2.75) is 13.3 Å². The molecular weight excluding hydrogens is 430 g/mol. The summed E-state index contributed by atoms with van der Waals surface area (Å²) in [7, 11) is 3.15. The molecule has 9 heteroatoms. The Kier molecular flexibility index (Phi) is 6.18. The largest absolute Gasteiger partial charge is 0.497 e. The van der Waals surface area contributed by atoms with E-state index in [0.717, 1.165) is 28.2 Å². The van der Waals surface area contributed by atoms with Crippen molar-refractivity contribution in [3.8, 4) is 17.2 Å². The zero-order valence-corrected chi connectivity index (χ0v) is 18.6. The molecule has 4 aromatic rings. The van der Waals surface area contributed by atoms with Crippen LogP contribution in [0.2, 0.25) is 0 Å². The Labute approximate surface area is 187 Å². The maximum atomic E-state index is 12.9. The second-order valence-corrected chi connectivity index (χ2v) is 7.85. The third kappa shape index (κ3) is 4.33. The lowest BCUT2D eigenvalue weighted by molar-refractivity contribution is 0.311. The van der Waals surface area contributed by atoms with Gasteiger partial charge in [-0.15, -0.1) is 0 Å². The summed E-state index contributed by atoms with van der Waals surface area (Å²) < 4.78 is 17.6. The normalized spacial score (nSPS) is 11.7. The van der Waals surface area contributed by atoms with Gasteiger partial charge < -0.3 is 14.2 Å². The second kappa shape index (κ2) is 9.19. The molecule has 0 aliphatic rings. The molecule has 0 saturated heterocycles. The topological polar surface area (TPSA) is 92.0 Å². The summed E-state index contributed by atoms with van der Waals surface area (Å²) in [6, 6.07) is 12.7. The van der Waals surface area contributed by atoms with E-state index in [2.05, 4.69) is 10.1 Å². The predicted molar refractivity (Wildman–Crippen MR) is 122 cm³/mol. The fourth-order valence-corrected chi connectivity index (χ4v) is 4.09. The van der Waals surface area contributed by atoms with Gasteiger partial charge in [-0.2, -0.15) is 14.6 Å². The number of thiazole rings is 1. The molecule has 32 heavy (non-hydrogen) atoms. The second-order valence-electron chi connectivity index (χ2n) is 6.84. The number of hydrogen-bond acceptors (Lipinski definition) is 8. The van der Waals surface area contributed by atoms with Crippen LogP contribution in [-0.2, 0) is 6.42 Å². The maximum absolute atomic E-state index is 12.9. The highest BCUT2D eigenvalue weighted by Crippen LogP contribution is 2.28. The molecule has 0 fully saturated rings. The number of benzene rings is 2. The van der Waals surface area contributed by atoms with Crippen LogP contribution in [0.5, 0.6) is 17.2 Å². The van der Waals surface area contributed by atoms with Crippen LogP contribution in [0.1, 0.15) is 23.7 Å². The number of rotatable bonds is 7. The lowest BCUT2D eigenvalue weighted by Crippen LogP contribution is -2.28. The highest BCUT2D eigenvalue weighted by molar-refractivity contribution is 7.15. The quantitative estimate of drug-likeness (QED) is 0.425. The fraction of sp³-hybridized carbons (Fsp3) is 0.217. The number of hydrogen-bond donors (Lipinski definition) is 0. The molecule has 0 saturated carbocycles. The van der Waals surface area contributed by atoms with Crippen LogP contribution in [0.15, 0.2) is 52.1 Å². The third-order valence-electron chi connectivity index (χ3n) is 4.77. The number of ether oxygens (including phenoxy) is 3. The third-order valence-corrected chi connectivity index (χ3v) is 5.73. The van der Waals surface area contributed by atoms with E-state index >= 15 is 0 Å². The van der Waals surface area contributed by atoms with Crippen LogP contribution in [-0.4, -0.2) is 35.4 Å². The van der Waals surface area contributed by atoms with Crippen molar-refractivity contribution in [2.24, 2.45) is 0 Å². The SMILES string of the molecule is CCOc1ccc(/C=c2/sc3nc(=O)c(Cc4ccc(OC)cc4)nn3c2=O)cc1OC. The van der Waals surface area contributed by atoms with Gasteiger partial charge >= 0.3 is 0 Å². The summed E-state index contributed by atoms with van der Waals surface area (Å²) in [5.41, 5.74) is 1.05. The van der Waals surface area contributed by atoms with Crippen LogP contribution in [0.3, 0.4) is 0 Å². The standard InChI is InChI=1S/C23H21N3O5S/c1-4-31-18-10-7-15(12-19(18)30-3)13-20-22(28)26-23(32-20)24-21(27)17(25-26)11-14-5-8-16(29-2)9-6-14/h5-10,12-13H,4,11H2,1-3H3/b20-13+. The minimum Gasteiger partial charge on any atom is -0.497 e.